The van der Waals surface area contributed by atoms with Crippen LogP contribution in [0, 0.1) is 0 Å². The number of nitrogens with zero attached hydrogens (tertiary/aromatic N) is 1. The molecule has 1 unspecified atom stereocenters. The van der Waals surface area contributed by atoms with E-state index in [2.05, 4.69) is 11.7 Å². The van der Waals surface area contributed by atoms with E-state index < -0.39 is 6.17 Å². The van der Waals surface area contributed by atoms with Crippen molar-refractivity contribution in [2.75, 3.05) is 0 Å². The Kier molecular flexibility index (Phi) is 3.57. The number of halogens is 1. The summed E-state index contributed by atoms with van der Waals surface area (Å²) < 4.78 is 13.3. The Balaban J connectivity index is 2.56. The normalized spacial score (nSPS) is 17.0. The highest BCUT2D eigenvalue weighted by Gasteiger charge is 2.31. The van der Waals surface area contributed by atoms with E-state index in [0.717, 1.165) is 11.3 Å². The molecule has 0 bridgehead atoms. The van der Waals surface area contributed by atoms with Gasteiger partial charge in [0.15, 0.2) is 5.78 Å². The van der Waals surface area contributed by atoms with Gasteiger partial charge in [0, 0.05) is 27.8 Å². The van der Waals surface area contributed by atoms with E-state index in [1.165, 1.54) is 25.3 Å². The molecule has 1 aliphatic carbocycles. The molecule has 1 atom stereocenters. The third-order valence-corrected chi connectivity index (χ3v) is 4.22. The number of rotatable bonds is 3. The van der Waals surface area contributed by atoms with E-state index in [1.807, 2.05) is 0 Å². The highest BCUT2D eigenvalue weighted by molar-refractivity contribution is 7.14. The number of allylic oxidation sites excluding steroid dienone is 3. The fourth-order valence-corrected chi connectivity index (χ4v) is 2.93. The summed E-state index contributed by atoms with van der Waals surface area (Å²) in [6.07, 6.45) is 1.63. The molecule has 0 aliphatic heterocycles. The Labute approximate surface area is 114 Å². The maximum absolute atomic E-state index is 13.3. The van der Waals surface area contributed by atoms with Gasteiger partial charge in [-0.2, -0.15) is 0 Å². The van der Waals surface area contributed by atoms with Crippen LogP contribution in [-0.4, -0.2) is 18.3 Å². The van der Waals surface area contributed by atoms with Crippen LogP contribution in [0.5, 0.6) is 0 Å². The van der Waals surface area contributed by atoms with Crippen molar-refractivity contribution in [1.82, 2.24) is 0 Å². The maximum Gasteiger partial charge on any atom is 0.204 e. The van der Waals surface area contributed by atoms with Crippen LogP contribution in [0.1, 0.15) is 44.9 Å². The number of carbonyl (C=O) groups is 2. The summed E-state index contributed by atoms with van der Waals surface area (Å²) in [5, 5.41) is 0. The molecule has 1 heterocycles. The molecular weight excluding hydrogens is 265 g/mol. The van der Waals surface area contributed by atoms with Gasteiger partial charge in [-0.25, -0.2) is 4.39 Å². The quantitative estimate of drug-likeness (QED) is 0.791. The Bertz CT molecular complexity index is 638. The largest absolute Gasteiger partial charge is 0.289 e. The molecule has 5 heteroatoms. The van der Waals surface area contributed by atoms with Crippen LogP contribution in [0.3, 0.4) is 0 Å². The zero-order valence-corrected chi connectivity index (χ0v) is 11.4. The van der Waals surface area contributed by atoms with Gasteiger partial charge in [0.2, 0.25) is 5.78 Å². The topological polar surface area (TPSA) is 46.5 Å². The molecule has 0 saturated heterocycles. The molecule has 0 fully saturated rings. The monoisotopic (exact) mass is 277 g/mol. The number of hydrogen-bond acceptors (Lipinski definition) is 4. The second kappa shape index (κ2) is 5.01. The van der Waals surface area contributed by atoms with Crippen molar-refractivity contribution < 1.29 is 14.0 Å². The zero-order chi connectivity index (χ0) is 14.2. The molecule has 19 heavy (non-hydrogen) atoms. The van der Waals surface area contributed by atoms with Crippen molar-refractivity contribution in [2.45, 2.75) is 20.0 Å². The molecule has 1 aromatic rings. The van der Waals surface area contributed by atoms with Gasteiger partial charge >= 0.3 is 0 Å². The molecule has 0 spiro atoms. The number of hydrogen-bond donors (Lipinski definition) is 0. The summed E-state index contributed by atoms with van der Waals surface area (Å²) in [7, 11) is 0. The third-order valence-electron chi connectivity index (χ3n) is 2.93. The number of carbonyl (C=O) groups excluding carboxylic acids is 2. The summed E-state index contributed by atoms with van der Waals surface area (Å²) in [6, 6.07) is 1.47. The van der Waals surface area contributed by atoms with E-state index in [9.17, 15) is 14.0 Å². The predicted molar refractivity (Wildman–Crippen MR) is 73.9 cm³/mol. The minimum Gasteiger partial charge on any atom is -0.289 e. The molecule has 0 aromatic carbocycles. The first-order chi connectivity index (χ1) is 8.97. The van der Waals surface area contributed by atoms with Crippen molar-refractivity contribution in [3.63, 3.8) is 0 Å². The lowest BCUT2D eigenvalue weighted by molar-refractivity contribution is 0.0981. The van der Waals surface area contributed by atoms with Gasteiger partial charge in [0.25, 0.3) is 0 Å². The number of fused-ring (bicyclic) bond motifs is 1. The molecule has 3 nitrogen and oxygen atoms in total. The molecule has 1 aromatic heterocycles. The number of ketones is 2. The van der Waals surface area contributed by atoms with Gasteiger partial charge in [-0.05, 0) is 32.7 Å². The molecule has 0 amide bonds. The second-order valence-corrected chi connectivity index (χ2v) is 5.29. The van der Waals surface area contributed by atoms with Crippen LogP contribution in [0.25, 0.3) is 0 Å². The van der Waals surface area contributed by atoms with Gasteiger partial charge < -0.3 is 0 Å². The molecule has 0 N–H and O–H groups in total. The van der Waals surface area contributed by atoms with Gasteiger partial charge in [0.05, 0.1) is 4.88 Å². The lowest BCUT2D eigenvalue weighted by Crippen LogP contribution is -2.17. The molecule has 2 rings (SSSR count). The fraction of sp³-hybridized carbons (Fsp3) is 0.214. The Morgan fingerprint density at radius 1 is 1.42 bits per heavy atom. The van der Waals surface area contributed by atoms with Crippen LogP contribution in [0.2, 0.25) is 0 Å². The maximum atomic E-state index is 13.3. The Morgan fingerprint density at radius 3 is 2.68 bits per heavy atom. The SMILES string of the molecule is C=N/C=C\C1=C(C)C(=O)c2cc(C(C)F)sc2C1=O. The highest BCUT2D eigenvalue weighted by atomic mass is 32.1. The number of Topliss-reactive ketones (excluding diaryl/α,β-unsaturated/α-hetero) is 2. The van der Waals surface area contributed by atoms with Crippen LogP contribution in [0.4, 0.5) is 4.39 Å². The average Bonchev–Trinajstić information content (AvgIpc) is 2.82. The summed E-state index contributed by atoms with van der Waals surface area (Å²) >= 11 is 1.03. The summed E-state index contributed by atoms with van der Waals surface area (Å²) in [5.41, 5.74) is 0.953. The average molecular weight is 277 g/mol. The first-order valence-electron chi connectivity index (χ1n) is 5.67. The van der Waals surface area contributed by atoms with Crippen LogP contribution < -0.4 is 0 Å². The van der Waals surface area contributed by atoms with Gasteiger partial charge in [-0.3, -0.25) is 14.6 Å². The second-order valence-electron chi connectivity index (χ2n) is 4.20. The molecule has 1 aliphatic rings. The van der Waals surface area contributed by atoms with Crippen molar-refractivity contribution >= 4 is 29.6 Å². The van der Waals surface area contributed by atoms with E-state index in [0.29, 0.717) is 26.5 Å². The predicted octanol–water partition coefficient (Wildman–Crippen LogP) is 3.69. The minimum atomic E-state index is -1.19. The zero-order valence-electron chi connectivity index (χ0n) is 10.6. The fourth-order valence-electron chi connectivity index (χ4n) is 1.89. The highest BCUT2D eigenvalue weighted by Crippen LogP contribution is 2.36. The summed E-state index contributed by atoms with van der Waals surface area (Å²) in [6.45, 7) is 6.25. The van der Waals surface area contributed by atoms with E-state index in [-0.39, 0.29) is 11.6 Å². The Hall–Kier alpha value is -1.88. The van der Waals surface area contributed by atoms with E-state index in [4.69, 9.17) is 0 Å². The molecular formula is C14H12FNO2S. The van der Waals surface area contributed by atoms with E-state index in [1.54, 1.807) is 6.92 Å². The first kappa shape index (κ1) is 13.5. The Morgan fingerprint density at radius 2 is 2.11 bits per heavy atom. The summed E-state index contributed by atoms with van der Waals surface area (Å²) in [4.78, 5) is 28.7. The number of aliphatic imine (C=N–C) groups is 1. The standard InChI is InChI=1S/C14H12FNO2S/c1-7-9(4-5-16-3)13(18)14-10(12(7)17)6-11(19-14)8(2)15/h4-6,8H,3H2,1-2H3/b5-4-. The van der Waals surface area contributed by atoms with Crippen LogP contribution in [-0.2, 0) is 0 Å². The molecule has 0 saturated carbocycles. The van der Waals surface area contributed by atoms with Gasteiger partial charge in [-0.15, -0.1) is 11.3 Å². The van der Waals surface area contributed by atoms with Gasteiger partial charge in [-0.1, -0.05) is 0 Å². The number of thiophene rings is 1. The van der Waals surface area contributed by atoms with Crippen LogP contribution >= 0.6 is 11.3 Å². The smallest absolute Gasteiger partial charge is 0.204 e. The van der Waals surface area contributed by atoms with Gasteiger partial charge in [0.1, 0.15) is 6.17 Å². The summed E-state index contributed by atoms with van der Waals surface area (Å²) in [5.74, 6) is -0.495. The van der Waals surface area contributed by atoms with E-state index >= 15 is 0 Å². The minimum absolute atomic E-state index is 0.235. The number of alkyl halides is 1. The van der Waals surface area contributed by atoms with Crippen molar-refractivity contribution in [3.05, 3.63) is 44.8 Å². The lowest BCUT2D eigenvalue weighted by atomic mass is 9.89. The third kappa shape index (κ3) is 2.21. The van der Waals surface area contributed by atoms with Crippen molar-refractivity contribution in [3.8, 4) is 0 Å². The van der Waals surface area contributed by atoms with Crippen molar-refractivity contribution in [1.29, 1.82) is 0 Å². The molecule has 0 radical (unpaired) electrons. The molecule has 98 valence electrons. The lowest BCUT2D eigenvalue weighted by Gasteiger charge is -2.12. The van der Waals surface area contributed by atoms with Crippen molar-refractivity contribution in [2.24, 2.45) is 4.99 Å². The van der Waals surface area contributed by atoms with Crippen LogP contribution in [0.15, 0.2) is 34.5 Å². The first-order valence-corrected chi connectivity index (χ1v) is 6.49.